The van der Waals surface area contributed by atoms with Gasteiger partial charge in [-0.2, -0.15) is 5.26 Å². The molecule has 0 aliphatic heterocycles. The lowest BCUT2D eigenvalue weighted by atomic mass is 9.76. The highest BCUT2D eigenvalue weighted by atomic mass is 35.5. The molecule has 1 aromatic heterocycles. The summed E-state index contributed by atoms with van der Waals surface area (Å²) in [4.78, 5) is 3.64. The summed E-state index contributed by atoms with van der Waals surface area (Å²) >= 11 is 7.64. The number of hydrogen-bond acceptors (Lipinski definition) is 3. The fourth-order valence-electron chi connectivity index (χ4n) is 3.34. The Bertz CT molecular complexity index is 465. The van der Waals surface area contributed by atoms with E-state index >= 15 is 0 Å². The third-order valence-corrected chi connectivity index (χ3v) is 5.60. The molecule has 0 amide bonds. The Balaban J connectivity index is 2.00. The highest BCUT2D eigenvalue weighted by Crippen LogP contribution is 2.35. The van der Waals surface area contributed by atoms with Gasteiger partial charge in [0, 0.05) is 17.5 Å². The maximum absolute atomic E-state index is 9.40. The number of halogens is 1. The van der Waals surface area contributed by atoms with Gasteiger partial charge < -0.3 is 0 Å². The molecule has 3 atom stereocenters. The molecule has 0 aromatic carbocycles. The molecule has 2 nitrogen and oxygen atoms in total. The van der Waals surface area contributed by atoms with E-state index in [9.17, 15) is 5.26 Å². The van der Waals surface area contributed by atoms with Gasteiger partial charge in [-0.15, -0.1) is 11.3 Å². The fraction of sp³-hybridized carbons (Fsp3) is 0.688. The number of hydrogen-bond donors (Lipinski definition) is 0. The van der Waals surface area contributed by atoms with Crippen LogP contribution in [0.25, 0.3) is 0 Å². The van der Waals surface area contributed by atoms with E-state index in [1.54, 1.807) is 11.3 Å². The normalized spacial score (nSPS) is 26.6. The van der Waals surface area contributed by atoms with Gasteiger partial charge in [0.25, 0.3) is 0 Å². The Kier molecular flexibility index (Phi) is 5.89. The van der Waals surface area contributed by atoms with Crippen LogP contribution in [0.4, 0.5) is 0 Å². The molecule has 3 unspecified atom stereocenters. The molecule has 1 fully saturated rings. The minimum Gasteiger partial charge on any atom is -0.297 e. The van der Waals surface area contributed by atoms with E-state index in [0.717, 1.165) is 23.2 Å². The first-order chi connectivity index (χ1) is 9.63. The predicted molar refractivity (Wildman–Crippen MR) is 85.9 cm³/mol. The van der Waals surface area contributed by atoms with Gasteiger partial charge in [-0.05, 0) is 44.4 Å². The SMILES string of the molecule is CCCC1CCC(C#N)C(N(C)Cc2ccc(Cl)s2)C1. The largest absolute Gasteiger partial charge is 0.297 e. The van der Waals surface area contributed by atoms with E-state index in [2.05, 4.69) is 31.0 Å². The van der Waals surface area contributed by atoms with Gasteiger partial charge in [0.1, 0.15) is 0 Å². The second-order valence-electron chi connectivity index (χ2n) is 5.89. The van der Waals surface area contributed by atoms with Gasteiger partial charge in [0.15, 0.2) is 0 Å². The zero-order valence-corrected chi connectivity index (χ0v) is 13.9. The third-order valence-electron chi connectivity index (χ3n) is 4.39. The van der Waals surface area contributed by atoms with Crippen LogP contribution in [0.2, 0.25) is 4.34 Å². The summed E-state index contributed by atoms with van der Waals surface area (Å²) in [5.74, 6) is 0.979. The third kappa shape index (κ3) is 3.97. The number of nitrogens with zero attached hydrogens (tertiary/aromatic N) is 2. The van der Waals surface area contributed by atoms with Crippen molar-refractivity contribution in [2.75, 3.05) is 7.05 Å². The molecule has 0 bridgehead atoms. The molecule has 0 N–H and O–H groups in total. The second-order valence-corrected chi connectivity index (χ2v) is 7.69. The van der Waals surface area contributed by atoms with Crippen LogP contribution < -0.4 is 0 Å². The zero-order chi connectivity index (χ0) is 14.5. The van der Waals surface area contributed by atoms with E-state index in [1.807, 2.05) is 6.07 Å². The molecule has 0 spiro atoms. The van der Waals surface area contributed by atoms with Crippen LogP contribution in [0.3, 0.4) is 0 Å². The van der Waals surface area contributed by atoms with E-state index in [4.69, 9.17) is 11.6 Å². The minimum absolute atomic E-state index is 0.184. The molecule has 1 aliphatic carbocycles. The number of rotatable bonds is 5. The summed E-state index contributed by atoms with van der Waals surface area (Å²) in [5, 5.41) is 9.40. The smallest absolute Gasteiger partial charge is 0.0931 e. The van der Waals surface area contributed by atoms with Crippen LogP contribution >= 0.6 is 22.9 Å². The van der Waals surface area contributed by atoms with Gasteiger partial charge in [-0.3, -0.25) is 4.90 Å². The molecule has 1 aromatic rings. The molecular formula is C16H23ClN2S. The van der Waals surface area contributed by atoms with Crippen LogP contribution in [0.1, 0.15) is 43.9 Å². The Morgan fingerprint density at radius 2 is 2.25 bits per heavy atom. The van der Waals surface area contributed by atoms with Crippen molar-refractivity contribution in [2.45, 2.75) is 51.6 Å². The van der Waals surface area contributed by atoms with Crippen LogP contribution in [0.15, 0.2) is 12.1 Å². The van der Waals surface area contributed by atoms with Crippen molar-refractivity contribution >= 4 is 22.9 Å². The average molecular weight is 311 g/mol. The summed E-state index contributed by atoms with van der Waals surface area (Å²) in [6.07, 6.45) is 6.00. The highest BCUT2D eigenvalue weighted by Gasteiger charge is 2.32. The molecule has 1 saturated carbocycles. The van der Waals surface area contributed by atoms with Crippen molar-refractivity contribution in [3.05, 3.63) is 21.3 Å². The van der Waals surface area contributed by atoms with Crippen LogP contribution in [-0.2, 0) is 6.54 Å². The molecule has 0 radical (unpaired) electrons. The van der Waals surface area contributed by atoms with Gasteiger partial charge in [-0.25, -0.2) is 0 Å². The molecule has 110 valence electrons. The van der Waals surface area contributed by atoms with Crippen LogP contribution in [-0.4, -0.2) is 18.0 Å². The Labute approximate surface area is 131 Å². The monoisotopic (exact) mass is 310 g/mol. The lowest BCUT2D eigenvalue weighted by Crippen LogP contribution is -2.41. The lowest BCUT2D eigenvalue weighted by Gasteiger charge is -2.38. The summed E-state index contributed by atoms with van der Waals surface area (Å²) in [5.41, 5.74) is 0. The maximum atomic E-state index is 9.40. The molecule has 1 heterocycles. The Hall–Kier alpha value is -0.560. The molecule has 0 saturated heterocycles. The summed E-state index contributed by atoms with van der Waals surface area (Å²) < 4.78 is 0.845. The highest BCUT2D eigenvalue weighted by molar-refractivity contribution is 7.16. The first-order valence-corrected chi connectivity index (χ1v) is 8.67. The molecule has 1 aliphatic rings. The molecular weight excluding hydrogens is 288 g/mol. The van der Waals surface area contributed by atoms with Gasteiger partial charge in [-0.1, -0.05) is 31.4 Å². The standard InChI is InChI=1S/C16H23ClN2S/c1-3-4-12-5-6-13(10-18)15(9-12)19(2)11-14-7-8-16(17)20-14/h7-8,12-13,15H,3-6,9,11H2,1-2H3. The van der Waals surface area contributed by atoms with Gasteiger partial charge in [0.05, 0.1) is 16.3 Å². The zero-order valence-electron chi connectivity index (χ0n) is 12.3. The van der Waals surface area contributed by atoms with E-state index in [0.29, 0.717) is 6.04 Å². The van der Waals surface area contributed by atoms with E-state index in [-0.39, 0.29) is 5.92 Å². The van der Waals surface area contributed by atoms with E-state index in [1.165, 1.54) is 30.6 Å². The molecule has 4 heteroatoms. The van der Waals surface area contributed by atoms with E-state index < -0.39 is 0 Å². The van der Waals surface area contributed by atoms with Crippen molar-refractivity contribution < 1.29 is 0 Å². The number of nitriles is 1. The fourth-order valence-corrected chi connectivity index (χ4v) is 4.49. The first kappa shape index (κ1) is 15.8. The van der Waals surface area contributed by atoms with Gasteiger partial charge >= 0.3 is 0 Å². The topological polar surface area (TPSA) is 27.0 Å². The lowest BCUT2D eigenvalue weighted by molar-refractivity contribution is 0.117. The molecule has 20 heavy (non-hydrogen) atoms. The van der Waals surface area contributed by atoms with Crippen molar-refractivity contribution in [3.63, 3.8) is 0 Å². The second kappa shape index (κ2) is 7.45. The quantitative estimate of drug-likeness (QED) is 0.770. The minimum atomic E-state index is 0.184. The predicted octanol–water partition coefficient (Wildman–Crippen LogP) is 4.94. The van der Waals surface area contributed by atoms with Crippen molar-refractivity contribution in [1.29, 1.82) is 5.26 Å². The van der Waals surface area contributed by atoms with Crippen LogP contribution in [0.5, 0.6) is 0 Å². The molecule has 2 rings (SSSR count). The maximum Gasteiger partial charge on any atom is 0.0931 e. The Morgan fingerprint density at radius 3 is 2.85 bits per heavy atom. The summed E-state index contributed by atoms with van der Waals surface area (Å²) in [7, 11) is 2.15. The summed E-state index contributed by atoms with van der Waals surface area (Å²) in [6.45, 7) is 3.15. The van der Waals surface area contributed by atoms with Crippen molar-refractivity contribution in [3.8, 4) is 6.07 Å². The van der Waals surface area contributed by atoms with Crippen molar-refractivity contribution in [2.24, 2.45) is 11.8 Å². The summed E-state index contributed by atoms with van der Waals surface area (Å²) in [6, 6.07) is 6.97. The number of thiophene rings is 1. The Morgan fingerprint density at radius 1 is 1.45 bits per heavy atom. The van der Waals surface area contributed by atoms with Gasteiger partial charge in [0.2, 0.25) is 0 Å². The average Bonchev–Trinajstić information content (AvgIpc) is 2.84. The van der Waals surface area contributed by atoms with Crippen LogP contribution in [0, 0.1) is 23.2 Å². The first-order valence-electron chi connectivity index (χ1n) is 7.48. The van der Waals surface area contributed by atoms with Crippen molar-refractivity contribution in [1.82, 2.24) is 4.90 Å².